The number of hydrogen-bond acceptors (Lipinski definition) is 4. The Morgan fingerprint density at radius 1 is 1.25 bits per heavy atom. The van der Waals surface area contributed by atoms with E-state index in [9.17, 15) is 4.79 Å². The van der Waals surface area contributed by atoms with Crippen molar-refractivity contribution in [3.8, 4) is 11.5 Å². The van der Waals surface area contributed by atoms with E-state index in [0.717, 1.165) is 56.9 Å². The largest absolute Gasteiger partial charge is 0.454 e. The number of fused-ring (bicyclic) bond motifs is 1. The molecule has 2 heterocycles. The first-order valence-electron chi connectivity index (χ1n) is 9.08. The van der Waals surface area contributed by atoms with Gasteiger partial charge in [-0.15, -0.1) is 0 Å². The molecule has 1 saturated heterocycles. The van der Waals surface area contributed by atoms with Crippen LogP contribution in [0.4, 0.5) is 0 Å². The van der Waals surface area contributed by atoms with Crippen molar-refractivity contribution in [3.63, 3.8) is 0 Å². The molecule has 1 unspecified atom stereocenters. The predicted molar refractivity (Wildman–Crippen MR) is 91.0 cm³/mol. The van der Waals surface area contributed by atoms with Gasteiger partial charge in [-0.2, -0.15) is 0 Å². The van der Waals surface area contributed by atoms with E-state index in [1.165, 1.54) is 17.5 Å². The van der Waals surface area contributed by atoms with Crippen LogP contribution < -0.4 is 14.8 Å². The first-order valence-corrected chi connectivity index (χ1v) is 9.08. The van der Waals surface area contributed by atoms with Crippen molar-refractivity contribution >= 4 is 5.91 Å². The van der Waals surface area contributed by atoms with Crippen molar-refractivity contribution in [2.24, 2.45) is 11.8 Å². The molecule has 1 aliphatic carbocycles. The van der Waals surface area contributed by atoms with E-state index in [2.05, 4.69) is 29.3 Å². The lowest BCUT2D eigenvalue weighted by atomic mass is 9.85. The monoisotopic (exact) mass is 330 g/mol. The summed E-state index contributed by atoms with van der Waals surface area (Å²) in [5.74, 6) is 2.85. The molecule has 1 atom stereocenters. The Bertz CT molecular complexity index is 627. The lowest BCUT2D eigenvalue weighted by molar-refractivity contribution is -0.127. The molecule has 24 heavy (non-hydrogen) atoms. The van der Waals surface area contributed by atoms with Crippen LogP contribution in [0.15, 0.2) is 12.1 Å². The van der Waals surface area contributed by atoms with E-state index in [1.807, 2.05) is 0 Å². The van der Waals surface area contributed by atoms with Gasteiger partial charge in [0.05, 0.1) is 0 Å². The van der Waals surface area contributed by atoms with Gasteiger partial charge in [-0.05, 0) is 61.9 Å². The van der Waals surface area contributed by atoms with Crippen LogP contribution in [-0.2, 0) is 11.3 Å². The molecule has 2 fully saturated rings. The Hall–Kier alpha value is -1.75. The fraction of sp³-hybridized carbons (Fsp3) is 0.632. The fourth-order valence-corrected chi connectivity index (χ4v) is 3.78. The third-order valence-corrected chi connectivity index (χ3v) is 5.64. The van der Waals surface area contributed by atoms with E-state index in [0.29, 0.717) is 18.6 Å². The molecule has 4 rings (SSSR count). The van der Waals surface area contributed by atoms with Crippen molar-refractivity contribution < 1.29 is 14.3 Å². The lowest BCUT2D eigenvalue weighted by Gasteiger charge is -2.25. The summed E-state index contributed by atoms with van der Waals surface area (Å²) < 4.78 is 10.9. The van der Waals surface area contributed by atoms with Gasteiger partial charge in [-0.3, -0.25) is 9.69 Å². The van der Waals surface area contributed by atoms with Crippen LogP contribution in [0.1, 0.15) is 36.8 Å². The highest BCUT2D eigenvalue weighted by molar-refractivity contribution is 5.79. The van der Waals surface area contributed by atoms with Crippen molar-refractivity contribution in [2.75, 3.05) is 26.4 Å². The molecule has 1 amide bonds. The Morgan fingerprint density at radius 2 is 2.04 bits per heavy atom. The number of ether oxygens (including phenoxy) is 2. The smallest absolute Gasteiger partial charge is 0.231 e. The molecule has 1 aromatic rings. The topological polar surface area (TPSA) is 50.8 Å². The first kappa shape index (κ1) is 15.8. The summed E-state index contributed by atoms with van der Waals surface area (Å²) in [4.78, 5) is 14.4. The number of hydrogen-bond donors (Lipinski definition) is 1. The van der Waals surface area contributed by atoms with Gasteiger partial charge < -0.3 is 14.8 Å². The van der Waals surface area contributed by atoms with Gasteiger partial charge in [0.25, 0.3) is 0 Å². The molecular formula is C19H26N2O3. The highest BCUT2D eigenvalue weighted by Crippen LogP contribution is 2.35. The van der Waals surface area contributed by atoms with Crippen molar-refractivity contribution in [2.45, 2.75) is 39.2 Å². The molecule has 3 aliphatic rings. The van der Waals surface area contributed by atoms with E-state index >= 15 is 0 Å². The van der Waals surface area contributed by atoms with Crippen LogP contribution in [0.5, 0.6) is 11.5 Å². The molecule has 5 heteroatoms. The quantitative estimate of drug-likeness (QED) is 0.901. The number of benzene rings is 1. The Morgan fingerprint density at radius 3 is 2.79 bits per heavy atom. The Kier molecular flexibility index (Phi) is 4.35. The highest BCUT2D eigenvalue weighted by atomic mass is 16.7. The first-order chi connectivity index (χ1) is 11.7. The molecule has 130 valence electrons. The summed E-state index contributed by atoms with van der Waals surface area (Å²) in [5.41, 5.74) is 2.55. The number of rotatable bonds is 5. The van der Waals surface area contributed by atoms with Gasteiger partial charge in [-0.1, -0.05) is 6.42 Å². The van der Waals surface area contributed by atoms with E-state index in [-0.39, 0.29) is 5.91 Å². The summed E-state index contributed by atoms with van der Waals surface area (Å²) in [6.07, 6.45) is 4.52. The van der Waals surface area contributed by atoms with Crippen molar-refractivity contribution in [1.82, 2.24) is 10.2 Å². The van der Waals surface area contributed by atoms with Gasteiger partial charge in [0.1, 0.15) is 0 Å². The second kappa shape index (κ2) is 6.63. The van der Waals surface area contributed by atoms with Gasteiger partial charge in [0.2, 0.25) is 12.7 Å². The molecule has 1 saturated carbocycles. The lowest BCUT2D eigenvalue weighted by Crippen LogP contribution is -2.37. The molecule has 5 nitrogen and oxygen atoms in total. The third kappa shape index (κ3) is 3.22. The van der Waals surface area contributed by atoms with Crippen LogP contribution in [0.25, 0.3) is 0 Å². The molecule has 2 aliphatic heterocycles. The molecular weight excluding hydrogens is 304 g/mol. The summed E-state index contributed by atoms with van der Waals surface area (Å²) in [5, 5.41) is 3.15. The zero-order chi connectivity index (χ0) is 16.5. The minimum atomic E-state index is 0.270. The van der Waals surface area contributed by atoms with Crippen LogP contribution >= 0.6 is 0 Å². The predicted octanol–water partition coefficient (Wildman–Crippen LogP) is 2.46. The minimum Gasteiger partial charge on any atom is -0.454 e. The van der Waals surface area contributed by atoms with Gasteiger partial charge in [0, 0.05) is 25.6 Å². The molecule has 0 radical (unpaired) electrons. The second-order valence-corrected chi connectivity index (χ2v) is 7.39. The average Bonchev–Trinajstić information content (AvgIpc) is 3.13. The van der Waals surface area contributed by atoms with E-state index in [1.54, 1.807) is 0 Å². The number of amides is 1. The zero-order valence-corrected chi connectivity index (χ0v) is 14.3. The molecule has 0 spiro atoms. The number of aryl methyl sites for hydroxylation is 1. The fourth-order valence-electron chi connectivity index (χ4n) is 3.78. The van der Waals surface area contributed by atoms with Crippen molar-refractivity contribution in [3.05, 3.63) is 23.3 Å². The average molecular weight is 330 g/mol. The molecule has 0 aromatic heterocycles. The van der Waals surface area contributed by atoms with Crippen LogP contribution in [0, 0.1) is 18.8 Å². The van der Waals surface area contributed by atoms with Crippen LogP contribution in [-0.4, -0.2) is 37.2 Å². The maximum Gasteiger partial charge on any atom is 0.231 e. The minimum absolute atomic E-state index is 0.270. The maximum atomic E-state index is 12.0. The Labute approximate surface area is 143 Å². The normalized spacial score (nSPS) is 23.3. The maximum absolute atomic E-state index is 12.0. The van der Waals surface area contributed by atoms with E-state index in [4.69, 9.17) is 9.47 Å². The third-order valence-electron chi connectivity index (χ3n) is 5.64. The SMILES string of the molecule is Cc1cc2c(cc1CN1CCC(CNC(=O)C3CCC3)C1)OCO2. The highest BCUT2D eigenvalue weighted by Gasteiger charge is 2.28. The van der Waals surface area contributed by atoms with Gasteiger partial charge in [0.15, 0.2) is 11.5 Å². The second-order valence-electron chi connectivity index (χ2n) is 7.39. The number of likely N-dealkylation sites (tertiary alicyclic amines) is 1. The number of carbonyl (C=O) groups excluding carboxylic acids is 1. The zero-order valence-electron chi connectivity index (χ0n) is 14.3. The summed E-state index contributed by atoms with van der Waals surface area (Å²) in [7, 11) is 0. The van der Waals surface area contributed by atoms with Crippen molar-refractivity contribution in [1.29, 1.82) is 0 Å². The summed E-state index contributed by atoms with van der Waals surface area (Å²) >= 11 is 0. The molecule has 0 bridgehead atoms. The number of nitrogens with zero attached hydrogens (tertiary/aromatic N) is 1. The molecule has 1 N–H and O–H groups in total. The van der Waals surface area contributed by atoms with Gasteiger partial charge >= 0.3 is 0 Å². The summed E-state index contributed by atoms with van der Waals surface area (Å²) in [6, 6.07) is 4.19. The van der Waals surface area contributed by atoms with Crippen LogP contribution in [0.3, 0.4) is 0 Å². The number of nitrogens with one attached hydrogen (secondary N) is 1. The molecule has 1 aromatic carbocycles. The van der Waals surface area contributed by atoms with Crippen LogP contribution in [0.2, 0.25) is 0 Å². The van der Waals surface area contributed by atoms with E-state index < -0.39 is 0 Å². The number of carbonyl (C=O) groups is 1. The summed E-state index contributed by atoms with van der Waals surface area (Å²) in [6.45, 7) is 6.37. The Balaban J connectivity index is 1.28. The standard InChI is InChI=1S/C19H26N2O3/c1-13-7-17-18(24-12-23-17)8-16(13)11-21-6-5-14(10-21)9-20-19(22)15-3-2-4-15/h7-8,14-15H,2-6,9-12H2,1H3,(H,20,22). The van der Waals surface area contributed by atoms with Gasteiger partial charge in [-0.25, -0.2) is 0 Å².